The van der Waals surface area contributed by atoms with E-state index in [-0.39, 0.29) is 0 Å². The van der Waals surface area contributed by atoms with Crippen LogP contribution in [0.2, 0.25) is 0 Å². The van der Waals surface area contributed by atoms with Crippen LogP contribution in [0, 0.1) is 5.92 Å². The molecular weight excluding hydrogens is 370 g/mol. The molecule has 1 aliphatic rings. The van der Waals surface area contributed by atoms with Crippen LogP contribution in [0.25, 0.3) is 0 Å². The lowest BCUT2D eigenvalue weighted by Gasteiger charge is -2.20. The van der Waals surface area contributed by atoms with Crippen LogP contribution >= 0.6 is 0 Å². The summed E-state index contributed by atoms with van der Waals surface area (Å²) < 4.78 is 0. The van der Waals surface area contributed by atoms with E-state index in [4.69, 9.17) is 5.11 Å². The first kappa shape index (κ1) is 24.8. The Morgan fingerprint density at radius 3 is 2.00 bits per heavy atom. The molecule has 1 aliphatic heterocycles. The molecule has 3 nitrogen and oxygen atoms in total. The Hall–Kier alpha value is -1.51. The van der Waals surface area contributed by atoms with Crippen LogP contribution < -0.4 is 5.32 Å². The molecule has 1 aromatic rings. The minimum Gasteiger partial charge on any atom is -0.478 e. The van der Waals surface area contributed by atoms with Crippen LogP contribution in [0.5, 0.6) is 0 Å². The largest absolute Gasteiger partial charge is 0.478 e. The second kappa shape index (κ2) is 14.5. The van der Waals surface area contributed by atoms with Crippen LogP contribution in [0.4, 0.5) is 5.69 Å². The molecular formula is C27H45NO2. The van der Waals surface area contributed by atoms with Crippen molar-refractivity contribution in [2.24, 2.45) is 5.92 Å². The molecule has 0 fully saturated rings. The zero-order chi connectivity index (χ0) is 21.6. The van der Waals surface area contributed by atoms with Gasteiger partial charge in [0.15, 0.2) is 0 Å². The number of fused-ring (bicyclic) bond motifs is 1. The van der Waals surface area contributed by atoms with E-state index in [0.717, 1.165) is 12.1 Å². The van der Waals surface area contributed by atoms with Crippen molar-refractivity contribution in [2.75, 3.05) is 5.32 Å². The van der Waals surface area contributed by atoms with Crippen LogP contribution in [-0.4, -0.2) is 17.1 Å². The predicted molar refractivity (Wildman–Crippen MR) is 129 cm³/mol. The standard InChI is InChI=1S/C27H45NO2/c1-3-4-5-6-7-8-9-10-11-12-13-14-15-16-17-22(2)25-20-23-18-19-24(27(29)30)21-26(23)28-25/h18-19,21-22,25,28H,3-17,20H2,1-2H3,(H,29,30)/t22-,25-/m1/s1. The predicted octanol–water partition coefficient (Wildman–Crippen LogP) is 8.23. The van der Waals surface area contributed by atoms with Gasteiger partial charge in [-0.15, -0.1) is 0 Å². The van der Waals surface area contributed by atoms with Gasteiger partial charge in [0.25, 0.3) is 0 Å². The third kappa shape index (κ3) is 9.10. The summed E-state index contributed by atoms with van der Waals surface area (Å²) in [4.78, 5) is 11.1. The number of hydrogen-bond donors (Lipinski definition) is 2. The highest BCUT2D eigenvalue weighted by Crippen LogP contribution is 2.31. The molecule has 0 unspecified atom stereocenters. The number of hydrogen-bond acceptors (Lipinski definition) is 2. The maximum Gasteiger partial charge on any atom is 0.335 e. The molecule has 0 radical (unpaired) electrons. The lowest BCUT2D eigenvalue weighted by atomic mass is 9.93. The Balaban J connectivity index is 1.44. The summed E-state index contributed by atoms with van der Waals surface area (Å²) in [5, 5.41) is 12.7. The van der Waals surface area contributed by atoms with E-state index in [1.54, 1.807) is 12.1 Å². The van der Waals surface area contributed by atoms with Crippen molar-refractivity contribution < 1.29 is 9.90 Å². The fourth-order valence-electron chi connectivity index (χ4n) is 4.72. The fraction of sp³-hybridized carbons (Fsp3) is 0.741. The van der Waals surface area contributed by atoms with Gasteiger partial charge < -0.3 is 10.4 Å². The van der Waals surface area contributed by atoms with E-state index in [1.165, 1.54) is 102 Å². The van der Waals surface area contributed by atoms with Gasteiger partial charge in [-0.3, -0.25) is 0 Å². The molecule has 0 aromatic heterocycles. The van der Waals surface area contributed by atoms with Crippen LogP contribution in [-0.2, 0) is 6.42 Å². The number of anilines is 1. The molecule has 0 aliphatic carbocycles. The number of benzene rings is 1. The summed E-state index contributed by atoms with van der Waals surface area (Å²) in [5.74, 6) is -0.221. The van der Waals surface area contributed by atoms with Crippen molar-refractivity contribution in [3.63, 3.8) is 0 Å². The van der Waals surface area contributed by atoms with E-state index < -0.39 is 5.97 Å². The molecule has 30 heavy (non-hydrogen) atoms. The molecule has 1 aromatic carbocycles. The molecule has 0 bridgehead atoms. The first-order chi connectivity index (χ1) is 14.6. The highest BCUT2D eigenvalue weighted by molar-refractivity contribution is 5.89. The Morgan fingerprint density at radius 1 is 0.933 bits per heavy atom. The summed E-state index contributed by atoms with van der Waals surface area (Å²) >= 11 is 0. The number of unbranched alkanes of at least 4 members (excludes halogenated alkanes) is 13. The Bertz CT molecular complexity index is 613. The molecule has 170 valence electrons. The summed E-state index contributed by atoms with van der Waals surface area (Å²) in [6, 6.07) is 5.94. The first-order valence-corrected chi connectivity index (χ1v) is 12.7. The zero-order valence-electron chi connectivity index (χ0n) is 19.6. The number of carboxylic acid groups (broad SMARTS) is 1. The second-order valence-electron chi connectivity index (χ2n) is 9.49. The minimum atomic E-state index is -0.849. The number of carbonyl (C=O) groups is 1. The Labute approximate surface area is 185 Å². The first-order valence-electron chi connectivity index (χ1n) is 12.7. The van der Waals surface area contributed by atoms with Crippen molar-refractivity contribution >= 4 is 11.7 Å². The maximum atomic E-state index is 11.1. The topological polar surface area (TPSA) is 49.3 Å². The van der Waals surface area contributed by atoms with E-state index >= 15 is 0 Å². The molecule has 0 spiro atoms. The highest BCUT2D eigenvalue weighted by atomic mass is 16.4. The lowest BCUT2D eigenvalue weighted by molar-refractivity contribution is 0.0697. The van der Waals surface area contributed by atoms with E-state index in [1.807, 2.05) is 6.07 Å². The van der Waals surface area contributed by atoms with Crippen molar-refractivity contribution in [3.05, 3.63) is 29.3 Å². The minimum absolute atomic E-state index is 0.376. The smallest absolute Gasteiger partial charge is 0.335 e. The number of rotatable bonds is 17. The monoisotopic (exact) mass is 415 g/mol. The molecule has 0 saturated carbocycles. The summed E-state index contributed by atoms with van der Waals surface area (Å²) in [6.45, 7) is 4.62. The third-order valence-corrected chi connectivity index (χ3v) is 6.84. The van der Waals surface area contributed by atoms with Crippen molar-refractivity contribution in [3.8, 4) is 0 Å². The van der Waals surface area contributed by atoms with E-state index in [2.05, 4.69) is 19.2 Å². The number of nitrogens with one attached hydrogen (secondary N) is 1. The van der Waals surface area contributed by atoms with Gasteiger partial charge in [-0.25, -0.2) is 4.79 Å². The summed E-state index contributed by atoms with van der Waals surface area (Å²) in [7, 11) is 0. The number of carboxylic acids is 1. The average molecular weight is 416 g/mol. The molecule has 2 rings (SSSR count). The van der Waals surface area contributed by atoms with Crippen molar-refractivity contribution in [1.82, 2.24) is 0 Å². The van der Waals surface area contributed by atoms with Crippen LogP contribution in [0.3, 0.4) is 0 Å². The quantitative estimate of drug-likeness (QED) is 0.252. The van der Waals surface area contributed by atoms with Crippen molar-refractivity contribution in [1.29, 1.82) is 0 Å². The van der Waals surface area contributed by atoms with Gasteiger partial charge in [0.2, 0.25) is 0 Å². The fourth-order valence-corrected chi connectivity index (χ4v) is 4.72. The van der Waals surface area contributed by atoms with Gasteiger partial charge in [-0.05, 0) is 36.5 Å². The van der Waals surface area contributed by atoms with Gasteiger partial charge in [0.05, 0.1) is 5.56 Å². The van der Waals surface area contributed by atoms with Crippen LogP contribution in [0.15, 0.2) is 18.2 Å². The van der Waals surface area contributed by atoms with E-state index in [9.17, 15) is 4.79 Å². The zero-order valence-corrected chi connectivity index (χ0v) is 19.6. The van der Waals surface area contributed by atoms with Gasteiger partial charge in [0.1, 0.15) is 0 Å². The Morgan fingerprint density at radius 2 is 1.47 bits per heavy atom. The summed E-state index contributed by atoms with van der Waals surface area (Å²) in [6.07, 6.45) is 22.0. The van der Waals surface area contributed by atoms with Gasteiger partial charge in [-0.1, -0.05) is 110 Å². The second-order valence-corrected chi connectivity index (χ2v) is 9.49. The SMILES string of the molecule is CCCCCCCCCCCCCCCC[C@@H](C)[C@H]1Cc2ccc(C(=O)O)cc2N1. The lowest BCUT2D eigenvalue weighted by Crippen LogP contribution is -2.24. The Kier molecular flexibility index (Phi) is 12.0. The van der Waals surface area contributed by atoms with Crippen molar-refractivity contribution in [2.45, 2.75) is 123 Å². The van der Waals surface area contributed by atoms with Gasteiger partial charge in [0, 0.05) is 11.7 Å². The molecule has 2 atom stereocenters. The molecule has 3 heteroatoms. The molecule has 1 heterocycles. The maximum absolute atomic E-state index is 11.1. The molecule has 2 N–H and O–H groups in total. The van der Waals surface area contributed by atoms with Gasteiger partial charge >= 0.3 is 5.97 Å². The summed E-state index contributed by atoms with van der Waals surface area (Å²) in [5.41, 5.74) is 2.66. The van der Waals surface area contributed by atoms with E-state index in [0.29, 0.717) is 17.5 Å². The van der Waals surface area contributed by atoms with Gasteiger partial charge in [-0.2, -0.15) is 0 Å². The number of aromatic carboxylic acids is 1. The normalized spacial score (nSPS) is 16.3. The molecule has 0 saturated heterocycles. The average Bonchev–Trinajstić information content (AvgIpc) is 3.17. The molecule has 0 amide bonds. The van der Waals surface area contributed by atoms with Crippen LogP contribution in [0.1, 0.15) is 126 Å². The third-order valence-electron chi connectivity index (χ3n) is 6.84. The highest BCUT2D eigenvalue weighted by Gasteiger charge is 2.25.